The van der Waals surface area contributed by atoms with Crippen molar-refractivity contribution in [1.29, 1.82) is 0 Å². The fourth-order valence-electron chi connectivity index (χ4n) is 2.30. The first-order chi connectivity index (χ1) is 11.9. The van der Waals surface area contributed by atoms with Crippen LogP contribution in [-0.4, -0.2) is 27.1 Å². The summed E-state index contributed by atoms with van der Waals surface area (Å²) < 4.78 is 1.75. The molecule has 0 aliphatic heterocycles. The maximum absolute atomic E-state index is 5.54. The van der Waals surface area contributed by atoms with Crippen molar-refractivity contribution >= 4 is 5.71 Å². The lowest BCUT2D eigenvalue weighted by Crippen LogP contribution is -2.13. The summed E-state index contributed by atoms with van der Waals surface area (Å²) in [5, 5.41) is 8.51. The Labute approximate surface area is 141 Å². The second kappa shape index (κ2) is 6.88. The highest BCUT2D eigenvalue weighted by Gasteiger charge is 2.22. The summed E-state index contributed by atoms with van der Waals surface area (Å²) in [5.74, 6) is 7.82. The van der Waals surface area contributed by atoms with Crippen molar-refractivity contribution in [2.45, 2.75) is 32.2 Å². The molecule has 0 saturated heterocycles. The average molecular weight is 320 g/mol. The lowest BCUT2D eigenvalue weighted by Gasteiger charge is -2.07. The number of rotatable bonds is 6. The van der Waals surface area contributed by atoms with Gasteiger partial charge in [-0.3, -0.25) is 0 Å². The van der Waals surface area contributed by atoms with Crippen molar-refractivity contribution < 1.29 is 4.84 Å². The Hall–Kier alpha value is -2.61. The molecule has 4 rings (SSSR count). The van der Waals surface area contributed by atoms with Crippen LogP contribution in [0, 0.1) is 23.7 Å². The molecule has 0 atom stereocenters. The van der Waals surface area contributed by atoms with Gasteiger partial charge in [-0.15, -0.1) is 0 Å². The van der Waals surface area contributed by atoms with Gasteiger partial charge < -0.3 is 4.84 Å². The summed E-state index contributed by atoms with van der Waals surface area (Å²) in [6, 6.07) is 8.19. The molecule has 1 aromatic carbocycles. The highest BCUT2D eigenvalue weighted by molar-refractivity contribution is 6.00. The van der Waals surface area contributed by atoms with E-state index < -0.39 is 0 Å². The molecule has 122 valence electrons. The Balaban J connectivity index is 1.48. The number of nitrogens with zero attached hydrogens (tertiary/aromatic N) is 4. The first-order valence-corrected chi connectivity index (χ1v) is 8.50. The Morgan fingerprint density at radius 3 is 2.71 bits per heavy atom. The standard InChI is InChI=1S/C19H20N4O/c1-2-15(1)3-4-16-7-9-18(10-8-16)19(11-23-14-20-13-21-23)22-24-12-17-5-6-17/h7-10,13-15,17H,1-2,5-6,11-12H2/b22-19+. The van der Waals surface area contributed by atoms with E-state index in [1.165, 1.54) is 32.0 Å². The third-order valence-electron chi connectivity index (χ3n) is 4.18. The molecule has 0 amide bonds. The molecular weight excluding hydrogens is 300 g/mol. The molecule has 1 aromatic heterocycles. The second-order valence-electron chi connectivity index (χ2n) is 6.49. The normalized spacial score (nSPS) is 17.2. The van der Waals surface area contributed by atoms with Crippen LogP contribution in [0.3, 0.4) is 0 Å². The number of aromatic nitrogens is 3. The van der Waals surface area contributed by atoms with Crippen molar-refractivity contribution in [2.24, 2.45) is 17.0 Å². The molecule has 1 heterocycles. The zero-order chi connectivity index (χ0) is 16.2. The zero-order valence-electron chi connectivity index (χ0n) is 13.6. The third kappa shape index (κ3) is 4.23. The van der Waals surface area contributed by atoms with Crippen LogP contribution in [0.4, 0.5) is 0 Å². The quantitative estimate of drug-likeness (QED) is 0.467. The van der Waals surface area contributed by atoms with E-state index in [4.69, 9.17) is 4.84 Å². The van der Waals surface area contributed by atoms with Crippen molar-refractivity contribution in [2.75, 3.05) is 6.61 Å². The predicted octanol–water partition coefficient (Wildman–Crippen LogP) is 2.87. The summed E-state index contributed by atoms with van der Waals surface area (Å²) in [6.07, 6.45) is 8.21. The van der Waals surface area contributed by atoms with Crippen LogP contribution in [0.2, 0.25) is 0 Å². The fourth-order valence-corrected chi connectivity index (χ4v) is 2.30. The van der Waals surface area contributed by atoms with Crippen LogP contribution in [0.1, 0.15) is 36.8 Å². The van der Waals surface area contributed by atoms with Crippen LogP contribution in [0.15, 0.2) is 42.1 Å². The molecule has 0 unspecified atom stereocenters. The van der Waals surface area contributed by atoms with Gasteiger partial charge in [-0.2, -0.15) is 5.10 Å². The van der Waals surface area contributed by atoms with Crippen molar-refractivity contribution in [3.05, 3.63) is 48.0 Å². The lowest BCUT2D eigenvalue weighted by atomic mass is 10.1. The summed E-state index contributed by atoms with van der Waals surface area (Å²) in [5.41, 5.74) is 2.92. The van der Waals surface area contributed by atoms with Crippen LogP contribution in [-0.2, 0) is 11.4 Å². The third-order valence-corrected chi connectivity index (χ3v) is 4.18. The van der Waals surface area contributed by atoms with Crippen LogP contribution in [0.25, 0.3) is 0 Å². The van der Waals surface area contributed by atoms with Gasteiger partial charge in [0.1, 0.15) is 25.0 Å². The predicted molar refractivity (Wildman–Crippen MR) is 91.3 cm³/mol. The summed E-state index contributed by atoms with van der Waals surface area (Å²) in [7, 11) is 0. The minimum absolute atomic E-state index is 0.539. The highest BCUT2D eigenvalue weighted by Crippen LogP contribution is 2.29. The van der Waals surface area contributed by atoms with Crippen molar-refractivity contribution in [1.82, 2.24) is 14.8 Å². The van der Waals surface area contributed by atoms with Crippen molar-refractivity contribution in [3.63, 3.8) is 0 Å². The summed E-state index contributed by atoms with van der Waals surface area (Å²) in [6.45, 7) is 1.24. The second-order valence-corrected chi connectivity index (χ2v) is 6.49. The van der Waals surface area contributed by atoms with Gasteiger partial charge >= 0.3 is 0 Å². The Kier molecular flexibility index (Phi) is 4.28. The van der Waals surface area contributed by atoms with Gasteiger partial charge in [0, 0.05) is 17.0 Å². The highest BCUT2D eigenvalue weighted by atomic mass is 16.6. The maximum atomic E-state index is 5.54. The van der Waals surface area contributed by atoms with Crippen molar-refractivity contribution in [3.8, 4) is 11.8 Å². The van der Waals surface area contributed by atoms with E-state index in [1.807, 2.05) is 24.3 Å². The molecule has 0 spiro atoms. The Bertz CT molecular complexity index is 760. The maximum Gasteiger partial charge on any atom is 0.137 e. The molecule has 5 heteroatoms. The lowest BCUT2D eigenvalue weighted by molar-refractivity contribution is 0.133. The van der Waals surface area contributed by atoms with Crippen LogP contribution in [0.5, 0.6) is 0 Å². The Morgan fingerprint density at radius 1 is 1.21 bits per heavy atom. The minimum atomic E-state index is 0.539. The largest absolute Gasteiger partial charge is 0.395 e. The van der Waals surface area contributed by atoms with Gasteiger partial charge in [0.15, 0.2) is 0 Å². The van der Waals surface area contributed by atoms with E-state index in [1.54, 1.807) is 11.0 Å². The van der Waals surface area contributed by atoms with Gasteiger partial charge in [0.05, 0.1) is 6.54 Å². The SMILES string of the molecule is C(#CC1CC1)c1ccc(/C(Cn2cncn2)=N/OCC2CC2)cc1. The molecule has 0 radical (unpaired) electrons. The smallest absolute Gasteiger partial charge is 0.137 e. The molecule has 0 N–H and O–H groups in total. The molecule has 2 fully saturated rings. The Morgan fingerprint density at radius 2 is 2.04 bits per heavy atom. The number of hydrogen-bond acceptors (Lipinski definition) is 4. The van der Waals surface area contributed by atoms with Gasteiger partial charge in [0.25, 0.3) is 0 Å². The topological polar surface area (TPSA) is 52.3 Å². The van der Waals surface area contributed by atoms with E-state index in [0.717, 1.165) is 16.8 Å². The van der Waals surface area contributed by atoms with E-state index >= 15 is 0 Å². The average Bonchev–Trinajstić information content (AvgIpc) is 3.54. The summed E-state index contributed by atoms with van der Waals surface area (Å²) >= 11 is 0. The molecule has 24 heavy (non-hydrogen) atoms. The summed E-state index contributed by atoms with van der Waals surface area (Å²) in [4.78, 5) is 9.52. The van der Waals surface area contributed by atoms with Gasteiger partial charge in [0.2, 0.25) is 0 Å². The van der Waals surface area contributed by atoms with Gasteiger partial charge in [-0.1, -0.05) is 29.1 Å². The molecule has 2 aliphatic rings. The number of oxime groups is 1. The van der Waals surface area contributed by atoms with E-state index in [9.17, 15) is 0 Å². The molecular formula is C19H20N4O. The van der Waals surface area contributed by atoms with Crippen LogP contribution >= 0.6 is 0 Å². The fraction of sp³-hybridized carbons (Fsp3) is 0.421. The first kappa shape index (κ1) is 14.9. The first-order valence-electron chi connectivity index (χ1n) is 8.50. The number of hydrogen-bond donors (Lipinski definition) is 0. The number of benzene rings is 1. The molecule has 0 bridgehead atoms. The molecule has 2 aromatic rings. The monoisotopic (exact) mass is 320 g/mol. The van der Waals surface area contributed by atoms with E-state index in [-0.39, 0.29) is 0 Å². The van der Waals surface area contributed by atoms with Gasteiger partial charge in [-0.05, 0) is 43.7 Å². The molecule has 2 aliphatic carbocycles. The van der Waals surface area contributed by atoms with Crippen LogP contribution < -0.4 is 0 Å². The minimum Gasteiger partial charge on any atom is -0.395 e. The zero-order valence-corrected chi connectivity index (χ0v) is 13.6. The van der Waals surface area contributed by atoms with E-state index in [2.05, 4.69) is 27.1 Å². The van der Waals surface area contributed by atoms with Gasteiger partial charge in [-0.25, -0.2) is 9.67 Å². The van der Waals surface area contributed by atoms with E-state index in [0.29, 0.717) is 25.0 Å². The molecule has 5 nitrogen and oxygen atoms in total. The molecule has 2 saturated carbocycles.